The Labute approximate surface area is 157 Å². The number of hydrogen-bond donors (Lipinski definition) is 2. The molecule has 0 spiro atoms. The smallest absolute Gasteiger partial charge is 0.0572 e. The second-order valence-corrected chi connectivity index (χ2v) is 7.56. The van der Waals surface area contributed by atoms with Crippen LogP contribution in [-0.2, 0) is 19.4 Å². The lowest BCUT2D eigenvalue weighted by atomic mass is 9.88. The molecule has 1 aliphatic heterocycles. The van der Waals surface area contributed by atoms with Gasteiger partial charge in [0.05, 0.1) is 6.10 Å². The lowest BCUT2D eigenvalue weighted by molar-refractivity contribution is 0.0519. The normalized spacial score (nSPS) is 17.3. The van der Waals surface area contributed by atoms with Crippen LogP contribution >= 0.6 is 0 Å². The Bertz CT molecular complexity index is 650. The topological polar surface area (TPSA) is 49.5 Å². The Morgan fingerprint density at radius 2 is 1.62 bits per heavy atom. The quantitative estimate of drug-likeness (QED) is 0.766. The molecule has 3 N–H and O–H groups in total. The van der Waals surface area contributed by atoms with Crippen molar-refractivity contribution in [2.24, 2.45) is 11.7 Å². The predicted molar refractivity (Wildman–Crippen MR) is 108 cm³/mol. The average Bonchev–Trinajstić information content (AvgIpc) is 2.68. The van der Waals surface area contributed by atoms with Gasteiger partial charge in [-0.15, -0.1) is 0 Å². The van der Waals surface area contributed by atoms with Gasteiger partial charge in [0.25, 0.3) is 0 Å². The van der Waals surface area contributed by atoms with Crippen LogP contribution in [-0.4, -0.2) is 35.7 Å². The summed E-state index contributed by atoms with van der Waals surface area (Å²) in [6.07, 6.45) is 4.80. The number of benzene rings is 2. The van der Waals surface area contributed by atoms with Crippen LogP contribution in [0.2, 0.25) is 0 Å². The number of hydrogen-bond acceptors (Lipinski definition) is 3. The summed E-state index contributed by atoms with van der Waals surface area (Å²) in [5.41, 5.74) is 9.69. The first kappa shape index (κ1) is 19.1. The standard InChI is InChI=1S/C23H32N2O/c24-14-11-20-7-4-8-21(17-20)18-25-15-12-22(13-16-25)23(26)10-9-19-5-2-1-3-6-19/h1-8,17,22-23,26H,9-16,18,24H2. The number of piperidine rings is 1. The van der Waals surface area contributed by atoms with Crippen LogP contribution in [0.1, 0.15) is 36.0 Å². The average molecular weight is 353 g/mol. The van der Waals surface area contributed by atoms with Gasteiger partial charge in [0.15, 0.2) is 0 Å². The molecule has 1 fully saturated rings. The number of aliphatic hydroxyl groups is 1. The van der Waals surface area contributed by atoms with E-state index in [4.69, 9.17) is 5.73 Å². The second kappa shape index (κ2) is 9.86. The largest absolute Gasteiger partial charge is 0.393 e. The van der Waals surface area contributed by atoms with Gasteiger partial charge in [-0.1, -0.05) is 54.6 Å². The summed E-state index contributed by atoms with van der Waals surface area (Å²) in [6.45, 7) is 3.86. The van der Waals surface area contributed by atoms with E-state index in [1.54, 1.807) is 0 Å². The maximum atomic E-state index is 10.6. The SMILES string of the molecule is NCCc1cccc(CN2CCC(C(O)CCc3ccccc3)CC2)c1. The summed E-state index contributed by atoms with van der Waals surface area (Å²) < 4.78 is 0. The summed E-state index contributed by atoms with van der Waals surface area (Å²) in [5, 5.41) is 10.6. The lowest BCUT2D eigenvalue weighted by Crippen LogP contribution is -2.37. The number of aryl methyl sites for hydroxylation is 1. The Kier molecular flexibility index (Phi) is 7.24. The van der Waals surface area contributed by atoms with E-state index < -0.39 is 0 Å². The van der Waals surface area contributed by atoms with Crippen molar-refractivity contribution in [1.29, 1.82) is 0 Å². The first-order chi connectivity index (χ1) is 12.7. The Morgan fingerprint density at radius 1 is 0.923 bits per heavy atom. The highest BCUT2D eigenvalue weighted by Gasteiger charge is 2.25. The van der Waals surface area contributed by atoms with Crippen LogP contribution in [0.15, 0.2) is 54.6 Å². The molecule has 2 aromatic carbocycles. The van der Waals surface area contributed by atoms with Crippen molar-refractivity contribution in [2.75, 3.05) is 19.6 Å². The minimum absolute atomic E-state index is 0.176. The van der Waals surface area contributed by atoms with Gasteiger partial charge in [-0.3, -0.25) is 4.90 Å². The van der Waals surface area contributed by atoms with Crippen molar-refractivity contribution in [3.63, 3.8) is 0 Å². The van der Waals surface area contributed by atoms with E-state index in [1.165, 1.54) is 16.7 Å². The van der Waals surface area contributed by atoms with Crippen molar-refractivity contribution in [3.05, 3.63) is 71.3 Å². The Morgan fingerprint density at radius 3 is 2.35 bits per heavy atom. The molecule has 0 aromatic heterocycles. The summed E-state index contributed by atoms with van der Waals surface area (Å²) in [4.78, 5) is 2.52. The molecule has 140 valence electrons. The number of aliphatic hydroxyl groups excluding tert-OH is 1. The van der Waals surface area contributed by atoms with E-state index in [2.05, 4.69) is 53.4 Å². The van der Waals surface area contributed by atoms with Gasteiger partial charge >= 0.3 is 0 Å². The molecule has 1 aliphatic rings. The summed E-state index contributed by atoms with van der Waals surface area (Å²) in [7, 11) is 0. The molecular formula is C23H32N2O. The Balaban J connectivity index is 1.43. The molecule has 26 heavy (non-hydrogen) atoms. The van der Waals surface area contributed by atoms with Crippen molar-refractivity contribution in [1.82, 2.24) is 4.90 Å². The third-order valence-electron chi connectivity index (χ3n) is 5.58. The number of nitrogens with zero attached hydrogens (tertiary/aromatic N) is 1. The van der Waals surface area contributed by atoms with E-state index in [1.807, 2.05) is 6.07 Å². The maximum Gasteiger partial charge on any atom is 0.0572 e. The molecule has 1 saturated heterocycles. The lowest BCUT2D eigenvalue weighted by Gasteiger charge is -2.34. The molecule has 0 saturated carbocycles. The summed E-state index contributed by atoms with van der Waals surface area (Å²) >= 11 is 0. The van der Waals surface area contributed by atoms with E-state index in [9.17, 15) is 5.11 Å². The van der Waals surface area contributed by atoms with Gasteiger partial charge in [-0.2, -0.15) is 0 Å². The Hall–Kier alpha value is -1.68. The van der Waals surface area contributed by atoms with Gasteiger partial charge in [-0.25, -0.2) is 0 Å². The molecule has 0 radical (unpaired) electrons. The highest BCUT2D eigenvalue weighted by molar-refractivity contribution is 5.23. The van der Waals surface area contributed by atoms with Crippen molar-refractivity contribution >= 4 is 0 Å². The highest BCUT2D eigenvalue weighted by Crippen LogP contribution is 2.24. The van der Waals surface area contributed by atoms with Crippen LogP contribution in [0, 0.1) is 5.92 Å². The minimum atomic E-state index is -0.176. The number of rotatable bonds is 8. The van der Waals surface area contributed by atoms with E-state index in [0.29, 0.717) is 12.5 Å². The third kappa shape index (κ3) is 5.66. The summed E-state index contributed by atoms with van der Waals surface area (Å²) in [6, 6.07) is 19.3. The molecule has 0 aliphatic carbocycles. The van der Waals surface area contributed by atoms with Gasteiger partial charge in [0.1, 0.15) is 0 Å². The second-order valence-electron chi connectivity index (χ2n) is 7.56. The minimum Gasteiger partial charge on any atom is -0.393 e. The van der Waals surface area contributed by atoms with Crippen molar-refractivity contribution in [3.8, 4) is 0 Å². The van der Waals surface area contributed by atoms with Crippen LogP contribution < -0.4 is 5.73 Å². The molecule has 3 nitrogen and oxygen atoms in total. The molecule has 2 aromatic rings. The van der Waals surface area contributed by atoms with E-state index in [0.717, 1.165) is 51.7 Å². The van der Waals surface area contributed by atoms with Gasteiger partial charge in [0.2, 0.25) is 0 Å². The molecule has 3 rings (SSSR count). The zero-order valence-electron chi connectivity index (χ0n) is 15.7. The molecule has 0 amide bonds. The molecule has 1 heterocycles. The molecule has 1 atom stereocenters. The van der Waals surface area contributed by atoms with Gasteiger partial charge in [-0.05, 0) is 74.3 Å². The fourth-order valence-corrected chi connectivity index (χ4v) is 4.00. The zero-order chi connectivity index (χ0) is 18.2. The van der Waals surface area contributed by atoms with E-state index >= 15 is 0 Å². The van der Waals surface area contributed by atoms with Crippen LogP contribution in [0.25, 0.3) is 0 Å². The third-order valence-corrected chi connectivity index (χ3v) is 5.58. The molecular weight excluding hydrogens is 320 g/mol. The van der Waals surface area contributed by atoms with Crippen molar-refractivity contribution < 1.29 is 5.11 Å². The summed E-state index contributed by atoms with van der Waals surface area (Å²) in [5.74, 6) is 0.443. The first-order valence-corrected chi connectivity index (χ1v) is 9.97. The van der Waals surface area contributed by atoms with Crippen LogP contribution in [0.5, 0.6) is 0 Å². The molecule has 3 heteroatoms. The maximum absolute atomic E-state index is 10.6. The predicted octanol–water partition coefficient (Wildman–Crippen LogP) is 3.39. The van der Waals surface area contributed by atoms with Crippen molar-refractivity contribution in [2.45, 2.75) is 44.8 Å². The van der Waals surface area contributed by atoms with Crippen LogP contribution in [0.3, 0.4) is 0 Å². The van der Waals surface area contributed by atoms with E-state index in [-0.39, 0.29) is 6.10 Å². The highest BCUT2D eigenvalue weighted by atomic mass is 16.3. The van der Waals surface area contributed by atoms with Gasteiger partial charge < -0.3 is 10.8 Å². The molecule has 0 bridgehead atoms. The zero-order valence-corrected chi connectivity index (χ0v) is 15.7. The fraction of sp³-hybridized carbons (Fsp3) is 0.478. The monoisotopic (exact) mass is 352 g/mol. The number of likely N-dealkylation sites (tertiary alicyclic amines) is 1. The van der Waals surface area contributed by atoms with Crippen LogP contribution in [0.4, 0.5) is 0 Å². The molecule has 1 unspecified atom stereocenters. The van der Waals surface area contributed by atoms with Gasteiger partial charge in [0, 0.05) is 6.54 Å². The fourth-order valence-electron chi connectivity index (χ4n) is 4.00. The number of nitrogens with two attached hydrogens (primary N) is 1. The first-order valence-electron chi connectivity index (χ1n) is 9.97.